The van der Waals surface area contributed by atoms with E-state index in [-0.39, 0.29) is 30.2 Å². The number of carbonyl (C=O) groups excluding carboxylic acids is 2. The van der Waals surface area contributed by atoms with Crippen LogP contribution in [0, 0.1) is 17.0 Å². The number of rotatable bonds is 7. The molecule has 1 aromatic heterocycles. The summed E-state index contributed by atoms with van der Waals surface area (Å²) in [6, 6.07) is 12.7. The molecule has 10 nitrogen and oxygen atoms in total. The Labute approximate surface area is 165 Å². The van der Waals surface area contributed by atoms with Crippen LogP contribution in [-0.4, -0.2) is 40.0 Å². The number of amides is 2. The zero-order valence-electron chi connectivity index (χ0n) is 15.4. The fourth-order valence-electron chi connectivity index (χ4n) is 2.48. The van der Waals surface area contributed by atoms with Gasteiger partial charge in [-0.3, -0.25) is 19.7 Å². The second-order valence-electron chi connectivity index (χ2n) is 6.11. The van der Waals surface area contributed by atoms with Crippen LogP contribution in [0.3, 0.4) is 0 Å². The molecule has 0 spiro atoms. The van der Waals surface area contributed by atoms with Crippen molar-refractivity contribution in [1.29, 1.82) is 0 Å². The Morgan fingerprint density at radius 2 is 1.76 bits per heavy atom. The summed E-state index contributed by atoms with van der Waals surface area (Å²) >= 11 is 0. The topological polar surface area (TPSA) is 140 Å². The van der Waals surface area contributed by atoms with Gasteiger partial charge in [0.1, 0.15) is 0 Å². The molecule has 0 unspecified atom stereocenters. The number of aromatic nitrogens is 2. The third-order valence-corrected chi connectivity index (χ3v) is 3.93. The number of non-ortho nitro benzene ring substituents is 1. The maximum absolute atomic E-state index is 12.1. The molecule has 0 aliphatic rings. The zero-order chi connectivity index (χ0) is 20.8. The molecule has 10 heteroatoms. The average molecular weight is 395 g/mol. The lowest BCUT2D eigenvalue weighted by molar-refractivity contribution is -0.384. The first kappa shape index (κ1) is 19.7. The van der Waals surface area contributed by atoms with E-state index in [0.717, 1.165) is 11.1 Å². The van der Waals surface area contributed by atoms with E-state index < -0.39 is 16.7 Å². The molecular formula is C19H17N5O5. The Balaban J connectivity index is 1.47. The van der Waals surface area contributed by atoms with Crippen molar-refractivity contribution < 1.29 is 19.0 Å². The van der Waals surface area contributed by atoms with E-state index in [1.54, 1.807) is 0 Å². The van der Waals surface area contributed by atoms with Crippen molar-refractivity contribution in [2.45, 2.75) is 6.92 Å². The number of nitro benzene ring substituents is 1. The quantitative estimate of drug-likeness (QED) is 0.355. The normalized spacial score (nSPS) is 10.4. The molecule has 1 heterocycles. The molecule has 0 bridgehead atoms. The average Bonchev–Trinajstić information content (AvgIpc) is 3.21. The summed E-state index contributed by atoms with van der Waals surface area (Å²) in [7, 11) is 0. The number of nitro groups is 1. The minimum Gasteiger partial charge on any atom is -0.350 e. The highest BCUT2D eigenvalue weighted by molar-refractivity contribution is 5.94. The van der Waals surface area contributed by atoms with Gasteiger partial charge in [-0.2, -0.15) is 4.98 Å². The number of nitrogens with zero attached hydrogens (tertiary/aromatic N) is 3. The van der Waals surface area contributed by atoms with Crippen molar-refractivity contribution in [2.75, 3.05) is 13.1 Å². The highest BCUT2D eigenvalue weighted by atomic mass is 16.6. The van der Waals surface area contributed by atoms with E-state index in [4.69, 9.17) is 4.52 Å². The second-order valence-corrected chi connectivity index (χ2v) is 6.11. The number of benzene rings is 2. The van der Waals surface area contributed by atoms with E-state index >= 15 is 0 Å². The molecule has 0 fully saturated rings. The van der Waals surface area contributed by atoms with Gasteiger partial charge in [-0.25, -0.2) is 0 Å². The van der Waals surface area contributed by atoms with Crippen LogP contribution in [0.15, 0.2) is 53.1 Å². The summed E-state index contributed by atoms with van der Waals surface area (Å²) in [4.78, 5) is 38.2. The summed E-state index contributed by atoms with van der Waals surface area (Å²) in [5.41, 5.74) is 1.95. The van der Waals surface area contributed by atoms with Crippen LogP contribution in [0.5, 0.6) is 0 Å². The van der Waals surface area contributed by atoms with Gasteiger partial charge in [0, 0.05) is 36.3 Å². The molecule has 3 aromatic rings. The van der Waals surface area contributed by atoms with Gasteiger partial charge in [0.05, 0.1) is 4.92 Å². The van der Waals surface area contributed by atoms with E-state index in [1.165, 1.54) is 24.3 Å². The number of nitrogens with one attached hydrogen (secondary N) is 2. The van der Waals surface area contributed by atoms with E-state index in [9.17, 15) is 19.7 Å². The Bertz CT molecular complexity index is 1050. The first-order chi connectivity index (χ1) is 13.9. The molecule has 0 saturated heterocycles. The van der Waals surface area contributed by atoms with Crippen molar-refractivity contribution in [3.05, 3.63) is 75.7 Å². The van der Waals surface area contributed by atoms with E-state index in [0.29, 0.717) is 5.82 Å². The third-order valence-electron chi connectivity index (χ3n) is 3.93. The lowest BCUT2D eigenvalue weighted by Crippen LogP contribution is -2.34. The molecule has 2 aromatic carbocycles. The molecule has 2 amide bonds. The van der Waals surface area contributed by atoms with Crippen molar-refractivity contribution in [3.63, 3.8) is 0 Å². The summed E-state index contributed by atoms with van der Waals surface area (Å²) in [6.45, 7) is 2.22. The van der Waals surface area contributed by atoms with Crippen molar-refractivity contribution in [2.24, 2.45) is 0 Å². The number of hydrogen-bond donors (Lipinski definition) is 2. The van der Waals surface area contributed by atoms with Gasteiger partial charge in [-0.15, -0.1) is 0 Å². The predicted molar refractivity (Wildman–Crippen MR) is 102 cm³/mol. The molecule has 29 heavy (non-hydrogen) atoms. The SMILES string of the molecule is Cc1cccc(-c2noc(C(=O)NCCNC(=O)c3ccc([N+](=O)[O-])cc3)n2)c1. The zero-order valence-corrected chi connectivity index (χ0v) is 15.4. The molecule has 0 aliphatic heterocycles. The molecule has 0 aliphatic carbocycles. The Kier molecular flexibility index (Phi) is 5.93. The van der Waals surface area contributed by atoms with Crippen LogP contribution in [0.4, 0.5) is 5.69 Å². The fourth-order valence-corrected chi connectivity index (χ4v) is 2.48. The molecular weight excluding hydrogens is 378 g/mol. The molecule has 2 N–H and O–H groups in total. The van der Waals surface area contributed by atoms with Crippen LogP contribution in [0.1, 0.15) is 26.6 Å². The molecule has 3 rings (SSSR count). The fraction of sp³-hybridized carbons (Fsp3) is 0.158. The van der Waals surface area contributed by atoms with E-state index in [1.807, 2.05) is 31.2 Å². The smallest absolute Gasteiger partial charge is 0.316 e. The molecule has 148 valence electrons. The van der Waals surface area contributed by atoms with Gasteiger partial charge in [-0.1, -0.05) is 28.9 Å². The Morgan fingerprint density at radius 1 is 1.07 bits per heavy atom. The summed E-state index contributed by atoms with van der Waals surface area (Å²) in [6.07, 6.45) is 0. The van der Waals surface area contributed by atoms with Gasteiger partial charge in [0.2, 0.25) is 5.82 Å². The second kappa shape index (κ2) is 8.74. The maximum atomic E-state index is 12.1. The highest BCUT2D eigenvalue weighted by Gasteiger charge is 2.16. The first-order valence-electron chi connectivity index (χ1n) is 8.65. The molecule has 0 atom stereocenters. The minimum atomic E-state index is -0.555. The highest BCUT2D eigenvalue weighted by Crippen LogP contribution is 2.16. The summed E-state index contributed by atoms with van der Waals surface area (Å²) < 4.78 is 4.98. The maximum Gasteiger partial charge on any atom is 0.316 e. The van der Waals surface area contributed by atoms with Crippen molar-refractivity contribution in [1.82, 2.24) is 20.8 Å². The summed E-state index contributed by atoms with van der Waals surface area (Å²) in [5, 5.41) is 19.6. The standard InChI is InChI=1S/C19H17N5O5/c1-12-3-2-4-14(11-12)16-22-19(29-23-16)18(26)21-10-9-20-17(25)13-5-7-15(8-6-13)24(27)28/h2-8,11H,9-10H2,1H3,(H,20,25)(H,21,26). The monoisotopic (exact) mass is 395 g/mol. The largest absolute Gasteiger partial charge is 0.350 e. The first-order valence-corrected chi connectivity index (χ1v) is 8.65. The van der Waals surface area contributed by atoms with Gasteiger partial charge >= 0.3 is 11.8 Å². The Morgan fingerprint density at radius 3 is 2.41 bits per heavy atom. The van der Waals surface area contributed by atoms with Gasteiger partial charge < -0.3 is 15.2 Å². The van der Waals surface area contributed by atoms with Crippen LogP contribution < -0.4 is 10.6 Å². The van der Waals surface area contributed by atoms with Crippen molar-refractivity contribution >= 4 is 17.5 Å². The van der Waals surface area contributed by atoms with Crippen LogP contribution in [-0.2, 0) is 0 Å². The Hall–Kier alpha value is -4.08. The lowest BCUT2D eigenvalue weighted by atomic mass is 10.1. The van der Waals surface area contributed by atoms with E-state index in [2.05, 4.69) is 20.8 Å². The minimum absolute atomic E-state index is 0.0987. The lowest BCUT2D eigenvalue weighted by Gasteiger charge is -2.05. The van der Waals surface area contributed by atoms with Crippen LogP contribution >= 0.6 is 0 Å². The predicted octanol–water partition coefficient (Wildman–Crippen LogP) is 2.11. The van der Waals surface area contributed by atoms with Gasteiger partial charge in [0.15, 0.2) is 0 Å². The van der Waals surface area contributed by atoms with Crippen LogP contribution in [0.2, 0.25) is 0 Å². The molecule has 0 radical (unpaired) electrons. The van der Waals surface area contributed by atoms with Gasteiger partial charge in [-0.05, 0) is 25.1 Å². The number of carbonyl (C=O) groups is 2. The van der Waals surface area contributed by atoms with Crippen LogP contribution in [0.25, 0.3) is 11.4 Å². The van der Waals surface area contributed by atoms with Crippen molar-refractivity contribution in [3.8, 4) is 11.4 Å². The number of hydrogen-bond acceptors (Lipinski definition) is 7. The third kappa shape index (κ3) is 5.01. The van der Waals surface area contributed by atoms with Gasteiger partial charge in [0.25, 0.3) is 11.6 Å². The summed E-state index contributed by atoms with van der Waals surface area (Å²) in [5.74, 6) is -0.830. The molecule has 0 saturated carbocycles. The number of aryl methyl sites for hydroxylation is 1.